The molecule has 1 fully saturated rings. The third kappa shape index (κ3) is 3.83. The quantitative estimate of drug-likeness (QED) is 0.658. The average Bonchev–Trinajstić information content (AvgIpc) is 2.68. The number of carbonyl (C=O) groups is 2. The van der Waals surface area contributed by atoms with Crippen molar-refractivity contribution in [2.45, 2.75) is 24.7 Å². The van der Waals surface area contributed by atoms with Gasteiger partial charge in [-0.15, -0.1) is 0 Å². The summed E-state index contributed by atoms with van der Waals surface area (Å²) in [5.41, 5.74) is 0.0676. The number of nitrogens with one attached hydrogen (secondary N) is 2. The molecule has 0 aliphatic carbocycles. The predicted molar refractivity (Wildman–Crippen MR) is 105 cm³/mol. The summed E-state index contributed by atoms with van der Waals surface area (Å²) in [4.78, 5) is 26.8. The Morgan fingerprint density at radius 3 is 2.31 bits per heavy atom. The van der Waals surface area contributed by atoms with E-state index in [9.17, 15) is 22.8 Å². The Morgan fingerprint density at radius 1 is 1.03 bits per heavy atom. The Balaban J connectivity index is 1.45. The van der Waals surface area contributed by atoms with Gasteiger partial charge in [0.05, 0.1) is 11.1 Å². The van der Waals surface area contributed by atoms with Gasteiger partial charge >= 0.3 is 6.18 Å². The molecule has 0 unspecified atom stereocenters. The van der Waals surface area contributed by atoms with E-state index in [2.05, 4.69) is 26.6 Å². The van der Waals surface area contributed by atoms with Crippen LogP contribution in [-0.4, -0.2) is 35.5 Å². The van der Waals surface area contributed by atoms with Crippen molar-refractivity contribution in [2.75, 3.05) is 18.4 Å². The van der Waals surface area contributed by atoms with Crippen molar-refractivity contribution in [3.8, 4) is 0 Å². The number of anilines is 1. The van der Waals surface area contributed by atoms with Gasteiger partial charge in [-0.1, -0.05) is 15.9 Å². The normalized spacial score (nSPS) is 18.1. The number of hydrogen-bond donors (Lipinski definition) is 2. The molecule has 1 saturated heterocycles. The first-order valence-corrected chi connectivity index (χ1v) is 9.83. The minimum atomic E-state index is -4.43. The molecule has 0 atom stereocenters. The Kier molecular flexibility index (Phi) is 4.80. The maximum absolute atomic E-state index is 12.7. The van der Waals surface area contributed by atoms with Gasteiger partial charge < -0.3 is 15.5 Å². The maximum Gasteiger partial charge on any atom is 0.416 e. The Bertz CT molecular complexity index is 968. The summed E-state index contributed by atoms with van der Waals surface area (Å²) >= 11 is 3.35. The highest BCUT2D eigenvalue weighted by atomic mass is 79.9. The number of fused-ring (bicyclic) bond motifs is 1. The SMILES string of the molecule is O=C1NC2(CCN(C(=O)c3ccc(C(F)(F)F)cc3)CC2)Nc2ccc(Br)cc21. The number of carbonyl (C=O) groups excluding carboxylic acids is 2. The van der Waals surface area contributed by atoms with E-state index in [1.807, 2.05) is 12.1 Å². The lowest BCUT2D eigenvalue weighted by molar-refractivity contribution is -0.137. The van der Waals surface area contributed by atoms with Crippen molar-refractivity contribution in [1.29, 1.82) is 0 Å². The fourth-order valence-corrected chi connectivity index (χ4v) is 4.07. The van der Waals surface area contributed by atoms with E-state index >= 15 is 0 Å². The summed E-state index contributed by atoms with van der Waals surface area (Å²) in [5.74, 6) is -0.498. The van der Waals surface area contributed by atoms with Crippen molar-refractivity contribution in [3.63, 3.8) is 0 Å². The number of rotatable bonds is 1. The first kappa shape index (κ1) is 19.8. The third-order valence-corrected chi connectivity index (χ3v) is 5.81. The van der Waals surface area contributed by atoms with Crippen molar-refractivity contribution >= 4 is 33.4 Å². The molecule has 0 saturated carbocycles. The Morgan fingerprint density at radius 2 is 1.69 bits per heavy atom. The van der Waals surface area contributed by atoms with Crippen molar-refractivity contribution in [3.05, 3.63) is 63.6 Å². The molecule has 5 nitrogen and oxygen atoms in total. The van der Waals surface area contributed by atoms with Gasteiger partial charge in [0, 0.05) is 41.7 Å². The molecule has 2 aromatic carbocycles. The van der Waals surface area contributed by atoms with E-state index in [0.717, 1.165) is 22.3 Å². The van der Waals surface area contributed by atoms with E-state index in [1.165, 1.54) is 12.1 Å². The number of likely N-dealkylation sites (tertiary alicyclic amines) is 1. The van der Waals surface area contributed by atoms with E-state index in [4.69, 9.17) is 0 Å². The second-order valence-electron chi connectivity index (χ2n) is 7.22. The lowest BCUT2D eigenvalue weighted by Gasteiger charge is -2.46. The minimum Gasteiger partial charge on any atom is -0.362 e. The third-order valence-electron chi connectivity index (χ3n) is 5.32. The monoisotopic (exact) mass is 467 g/mol. The lowest BCUT2D eigenvalue weighted by atomic mass is 9.92. The van der Waals surface area contributed by atoms with Crippen LogP contribution in [0.5, 0.6) is 0 Å². The number of halogens is 4. The molecule has 2 aromatic rings. The molecule has 1 spiro atoms. The van der Waals surface area contributed by atoms with E-state index in [0.29, 0.717) is 31.5 Å². The molecule has 2 amide bonds. The van der Waals surface area contributed by atoms with Gasteiger partial charge in [0.1, 0.15) is 5.66 Å². The maximum atomic E-state index is 12.7. The van der Waals surface area contributed by atoms with Crippen molar-refractivity contribution in [2.24, 2.45) is 0 Å². The molecule has 9 heteroatoms. The number of nitrogens with zero attached hydrogens (tertiary/aromatic N) is 1. The molecule has 2 N–H and O–H groups in total. The van der Waals surface area contributed by atoms with Crippen LogP contribution in [0.4, 0.5) is 18.9 Å². The molecule has 0 bridgehead atoms. The van der Waals surface area contributed by atoms with Gasteiger partial charge in [0.2, 0.25) is 0 Å². The lowest BCUT2D eigenvalue weighted by Crippen LogP contribution is -2.62. The van der Waals surface area contributed by atoms with Crippen LogP contribution in [0.15, 0.2) is 46.9 Å². The van der Waals surface area contributed by atoms with E-state index in [-0.39, 0.29) is 17.4 Å². The largest absolute Gasteiger partial charge is 0.416 e. The fourth-order valence-electron chi connectivity index (χ4n) is 3.71. The highest BCUT2D eigenvalue weighted by Gasteiger charge is 2.41. The zero-order chi connectivity index (χ0) is 20.8. The highest BCUT2D eigenvalue weighted by Crippen LogP contribution is 2.33. The zero-order valence-corrected chi connectivity index (χ0v) is 16.7. The van der Waals surface area contributed by atoms with Crippen LogP contribution < -0.4 is 10.6 Å². The second kappa shape index (κ2) is 7.05. The zero-order valence-electron chi connectivity index (χ0n) is 15.1. The van der Waals surface area contributed by atoms with Crippen LogP contribution >= 0.6 is 15.9 Å². The molecule has 2 heterocycles. The van der Waals surface area contributed by atoms with Crippen LogP contribution in [0.2, 0.25) is 0 Å². The smallest absolute Gasteiger partial charge is 0.362 e. The second-order valence-corrected chi connectivity index (χ2v) is 8.13. The number of piperidine rings is 1. The number of hydrogen-bond acceptors (Lipinski definition) is 3. The number of benzene rings is 2. The van der Waals surface area contributed by atoms with E-state index in [1.54, 1.807) is 11.0 Å². The number of alkyl halides is 3. The van der Waals surface area contributed by atoms with Gasteiger partial charge in [-0.05, 0) is 42.5 Å². The molecule has 2 aliphatic heterocycles. The highest BCUT2D eigenvalue weighted by molar-refractivity contribution is 9.10. The minimum absolute atomic E-state index is 0.178. The molecule has 4 rings (SSSR count). The summed E-state index contributed by atoms with van der Waals surface area (Å²) in [7, 11) is 0. The first-order valence-electron chi connectivity index (χ1n) is 9.04. The Hall–Kier alpha value is -2.55. The van der Waals surface area contributed by atoms with Crippen LogP contribution in [0.3, 0.4) is 0 Å². The average molecular weight is 468 g/mol. The molecule has 0 aromatic heterocycles. The Labute approximate surface area is 173 Å². The molecular weight excluding hydrogens is 451 g/mol. The van der Waals surface area contributed by atoms with Crippen LogP contribution in [0.1, 0.15) is 39.1 Å². The number of amides is 2. The van der Waals surface area contributed by atoms with Crippen LogP contribution in [-0.2, 0) is 6.18 Å². The van der Waals surface area contributed by atoms with Gasteiger partial charge in [-0.3, -0.25) is 9.59 Å². The molecular formula is C20H17BrF3N3O2. The summed E-state index contributed by atoms with van der Waals surface area (Å²) in [6, 6.07) is 9.65. The van der Waals surface area contributed by atoms with Crippen LogP contribution in [0.25, 0.3) is 0 Å². The summed E-state index contributed by atoms with van der Waals surface area (Å²) in [5, 5.41) is 6.38. The topological polar surface area (TPSA) is 61.4 Å². The summed E-state index contributed by atoms with van der Waals surface area (Å²) < 4.78 is 38.9. The molecule has 0 radical (unpaired) electrons. The summed E-state index contributed by atoms with van der Waals surface area (Å²) in [6.07, 6.45) is -3.46. The fraction of sp³-hybridized carbons (Fsp3) is 0.300. The molecule has 29 heavy (non-hydrogen) atoms. The van der Waals surface area contributed by atoms with Gasteiger partial charge in [-0.2, -0.15) is 13.2 Å². The van der Waals surface area contributed by atoms with Gasteiger partial charge in [-0.25, -0.2) is 0 Å². The van der Waals surface area contributed by atoms with Gasteiger partial charge in [0.25, 0.3) is 11.8 Å². The molecule has 152 valence electrons. The van der Waals surface area contributed by atoms with Crippen molar-refractivity contribution < 1.29 is 22.8 Å². The first-order chi connectivity index (χ1) is 13.7. The van der Waals surface area contributed by atoms with Gasteiger partial charge in [0.15, 0.2) is 0 Å². The molecule has 2 aliphatic rings. The summed E-state index contributed by atoms with van der Waals surface area (Å²) in [6.45, 7) is 0.748. The standard InChI is InChI=1S/C20H17BrF3N3O2/c21-14-5-6-16-15(11-14)17(28)26-19(25-16)7-9-27(10-8-19)18(29)12-1-3-13(4-2-12)20(22,23)24/h1-6,11,25H,7-10H2,(H,26,28). The van der Waals surface area contributed by atoms with E-state index < -0.39 is 17.4 Å². The van der Waals surface area contributed by atoms with Crippen molar-refractivity contribution in [1.82, 2.24) is 10.2 Å². The predicted octanol–water partition coefficient (Wildman–Crippen LogP) is 4.26. The van der Waals surface area contributed by atoms with Crippen LogP contribution in [0, 0.1) is 0 Å².